The molecule has 1 aliphatic rings. The van der Waals surface area contributed by atoms with E-state index in [9.17, 15) is 4.39 Å². The Morgan fingerprint density at radius 1 is 1.44 bits per heavy atom. The van der Waals surface area contributed by atoms with Crippen LogP contribution < -0.4 is 10.6 Å². The van der Waals surface area contributed by atoms with Crippen molar-refractivity contribution in [3.63, 3.8) is 0 Å². The van der Waals surface area contributed by atoms with Crippen molar-refractivity contribution in [1.29, 1.82) is 0 Å². The smallest absolute Gasteiger partial charge is 0.125 e. The first kappa shape index (κ1) is 11.2. The Hall–Kier alpha value is -1.25. The second-order valence-electron chi connectivity index (χ2n) is 4.60. The summed E-state index contributed by atoms with van der Waals surface area (Å²) in [5.41, 5.74) is 7.43. The average Bonchev–Trinajstić information content (AvgIpc) is 2.60. The van der Waals surface area contributed by atoms with Gasteiger partial charge >= 0.3 is 0 Å². The van der Waals surface area contributed by atoms with Crippen LogP contribution >= 0.6 is 0 Å². The second-order valence-corrected chi connectivity index (χ2v) is 4.60. The molecular weight excluding hydrogens is 203 g/mol. The van der Waals surface area contributed by atoms with Gasteiger partial charge in [-0.25, -0.2) is 4.39 Å². The number of hydrogen-bond acceptors (Lipinski definition) is 2. The maximum Gasteiger partial charge on any atom is 0.125 e. The molecule has 0 spiro atoms. The summed E-state index contributed by atoms with van der Waals surface area (Å²) in [4.78, 5) is 2.34. The molecule has 0 aromatic heterocycles. The molecule has 1 saturated heterocycles. The van der Waals surface area contributed by atoms with Gasteiger partial charge in [-0.2, -0.15) is 0 Å². The van der Waals surface area contributed by atoms with Crippen LogP contribution in [0.3, 0.4) is 0 Å². The van der Waals surface area contributed by atoms with Crippen molar-refractivity contribution in [2.75, 3.05) is 10.6 Å². The van der Waals surface area contributed by atoms with E-state index >= 15 is 0 Å². The number of hydrogen-bond donors (Lipinski definition) is 1. The zero-order valence-electron chi connectivity index (χ0n) is 9.91. The van der Waals surface area contributed by atoms with E-state index in [1.54, 1.807) is 6.07 Å². The summed E-state index contributed by atoms with van der Waals surface area (Å²) >= 11 is 0. The van der Waals surface area contributed by atoms with Gasteiger partial charge in [-0.3, -0.25) is 0 Å². The Morgan fingerprint density at radius 2 is 2.19 bits per heavy atom. The summed E-state index contributed by atoms with van der Waals surface area (Å²) in [6.07, 6.45) is 3.50. The zero-order chi connectivity index (χ0) is 11.7. The molecule has 2 nitrogen and oxygen atoms in total. The summed E-state index contributed by atoms with van der Waals surface area (Å²) in [5, 5.41) is 0. The van der Waals surface area contributed by atoms with E-state index < -0.39 is 0 Å². The molecule has 2 atom stereocenters. The monoisotopic (exact) mass is 222 g/mol. The predicted octanol–water partition coefficient (Wildman–Crippen LogP) is 3.18. The molecule has 0 bridgehead atoms. The minimum Gasteiger partial charge on any atom is -0.397 e. The molecule has 1 aromatic carbocycles. The maximum absolute atomic E-state index is 13.0. The van der Waals surface area contributed by atoms with Gasteiger partial charge in [0, 0.05) is 12.1 Å². The SMILES string of the molecule is CCC1CCC(C)N1c1ccc(F)cc1N. The molecular formula is C13H19FN2. The Balaban J connectivity index is 2.34. The van der Waals surface area contributed by atoms with Crippen LogP contribution in [0.25, 0.3) is 0 Å². The fourth-order valence-electron chi connectivity index (χ4n) is 2.67. The minimum absolute atomic E-state index is 0.263. The highest BCUT2D eigenvalue weighted by Gasteiger charge is 2.30. The van der Waals surface area contributed by atoms with Crippen LogP contribution in [0.4, 0.5) is 15.8 Å². The molecule has 0 aliphatic carbocycles. The maximum atomic E-state index is 13.0. The number of benzene rings is 1. The Labute approximate surface area is 96.2 Å². The van der Waals surface area contributed by atoms with E-state index in [-0.39, 0.29) is 5.82 Å². The lowest BCUT2D eigenvalue weighted by atomic mass is 10.1. The summed E-state index contributed by atoms with van der Waals surface area (Å²) < 4.78 is 13.0. The molecule has 16 heavy (non-hydrogen) atoms. The molecule has 1 heterocycles. The third kappa shape index (κ3) is 1.86. The molecule has 3 heteroatoms. The van der Waals surface area contributed by atoms with Crippen molar-refractivity contribution in [2.45, 2.75) is 45.2 Å². The van der Waals surface area contributed by atoms with Crippen LogP contribution in [0.1, 0.15) is 33.1 Å². The first-order valence-electron chi connectivity index (χ1n) is 5.96. The van der Waals surface area contributed by atoms with Crippen LogP contribution in [0, 0.1) is 5.82 Å². The number of halogens is 1. The molecule has 0 radical (unpaired) electrons. The van der Waals surface area contributed by atoms with E-state index in [0.29, 0.717) is 17.8 Å². The lowest BCUT2D eigenvalue weighted by molar-refractivity contribution is 0.618. The van der Waals surface area contributed by atoms with Crippen LogP contribution in [-0.4, -0.2) is 12.1 Å². The second kappa shape index (κ2) is 4.32. The van der Waals surface area contributed by atoms with Crippen LogP contribution in [0.5, 0.6) is 0 Å². The molecule has 0 amide bonds. The Morgan fingerprint density at radius 3 is 2.81 bits per heavy atom. The van der Waals surface area contributed by atoms with Gasteiger partial charge in [-0.1, -0.05) is 6.92 Å². The molecule has 1 aliphatic heterocycles. The van der Waals surface area contributed by atoms with Crippen molar-refractivity contribution in [3.05, 3.63) is 24.0 Å². The molecule has 2 unspecified atom stereocenters. The number of nitrogens with zero attached hydrogens (tertiary/aromatic N) is 1. The van der Waals surface area contributed by atoms with E-state index in [1.807, 2.05) is 0 Å². The van der Waals surface area contributed by atoms with E-state index in [1.165, 1.54) is 25.0 Å². The molecule has 1 aromatic rings. The zero-order valence-corrected chi connectivity index (χ0v) is 9.91. The molecule has 88 valence electrons. The molecule has 2 rings (SSSR count). The predicted molar refractivity (Wildman–Crippen MR) is 66.1 cm³/mol. The lowest BCUT2D eigenvalue weighted by Crippen LogP contribution is -2.34. The minimum atomic E-state index is -0.263. The van der Waals surface area contributed by atoms with Crippen LogP contribution in [-0.2, 0) is 0 Å². The highest BCUT2D eigenvalue weighted by atomic mass is 19.1. The van der Waals surface area contributed by atoms with Gasteiger partial charge in [0.1, 0.15) is 5.82 Å². The Kier molecular flexibility index (Phi) is 3.03. The van der Waals surface area contributed by atoms with Gasteiger partial charge in [0.25, 0.3) is 0 Å². The number of anilines is 2. The normalized spacial score (nSPS) is 25.1. The third-order valence-electron chi connectivity index (χ3n) is 3.52. The highest BCUT2D eigenvalue weighted by Crippen LogP contribution is 2.35. The van der Waals surface area contributed by atoms with E-state index in [2.05, 4.69) is 18.7 Å². The number of nitrogens with two attached hydrogens (primary N) is 1. The van der Waals surface area contributed by atoms with E-state index in [4.69, 9.17) is 5.73 Å². The average molecular weight is 222 g/mol. The quantitative estimate of drug-likeness (QED) is 0.779. The summed E-state index contributed by atoms with van der Waals surface area (Å²) in [6, 6.07) is 5.74. The summed E-state index contributed by atoms with van der Waals surface area (Å²) in [6.45, 7) is 4.40. The molecule has 0 saturated carbocycles. The van der Waals surface area contributed by atoms with Gasteiger partial charge in [0.2, 0.25) is 0 Å². The van der Waals surface area contributed by atoms with Crippen molar-refractivity contribution in [3.8, 4) is 0 Å². The van der Waals surface area contributed by atoms with Gasteiger partial charge < -0.3 is 10.6 Å². The Bertz CT molecular complexity index is 378. The van der Waals surface area contributed by atoms with Crippen LogP contribution in [0.15, 0.2) is 18.2 Å². The molecule has 2 N–H and O–H groups in total. The largest absolute Gasteiger partial charge is 0.397 e. The summed E-state index contributed by atoms with van der Waals surface area (Å²) in [5.74, 6) is -0.263. The summed E-state index contributed by atoms with van der Waals surface area (Å²) in [7, 11) is 0. The van der Waals surface area contributed by atoms with Gasteiger partial charge in [0.05, 0.1) is 11.4 Å². The van der Waals surface area contributed by atoms with Crippen molar-refractivity contribution >= 4 is 11.4 Å². The van der Waals surface area contributed by atoms with Crippen LogP contribution in [0.2, 0.25) is 0 Å². The molecule has 1 fully saturated rings. The van der Waals surface area contributed by atoms with Gasteiger partial charge in [-0.15, -0.1) is 0 Å². The number of rotatable bonds is 2. The fourth-order valence-corrected chi connectivity index (χ4v) is 2.67. The van der Waals surface area contributed by atoms with E-state index in [0.717, 1.165) is 12.1 Å². The fraction of sp³-hybridized carbons (Fsp3) is 0.538. The topological polar surface area (TPSA) is 29.3 Å². The van der Waals surface area contributed by atoms with Crippen molar-refractivity contribution < 1.29 is 4.39 Å². The van der Waals surface area contributed by atoms with Gasteiger partial charge in [0.15, 0.2) is 0 Å². The first-order valence-corrected chi connectivity index (χ1v) is 5.96. The highest BCUT2D eigenvalue weighted by molar-refractivity contribution is 5.68. The first-order chi connectivity index (χ1) is 7.63. The van der Waals surface area contributed by atoms with Crippen molar-refractivity contribution in [2.24, 2.45) is 0 Å². The van der Waals surface area contributed by atoms with Crippen molar-refractivity contribution in [1.82, 2.24) is 0 Å². The number of nitrogen functional groups attached to an aromatic ring is 1. The third-order valence-corrected chi connectivity index (χ3v) is 3.52. The lowest BCUT2D eigenvalue weighted by Gasteiger charge is -2.31. The van der Waals surface area contributed by atoms with Gasteiger partial charge in [-0.05, 0) is 44.4 Å². The standard InChI is InChI=1S/C13H19FN2/c1-3-11-6-4-9(2)16(11)13-7-5-10(14)8-12(13)15/h5,7-9,11H,3-4,6,15H2,1-2H3.